The highest BCUT2D eigenvalue weighted by molar-refractivity contribution is 5.91. The van der Waals surface area contributed by atoms with Gasteiger partial charge in [-0.25, -0.2) is 9.97 Å². The van der Waals surface area contributed by atoms with Crippen molar-refractivity contribution in [1.29, 1.82) is 0 Å². The summed E-state index contributed by atoms with van der Waals surface area (Å²) in [6.45, 7) is 3.40. The number of carbonyl (C=O) groups excluding carboxylic acids is 1. The number of anilines is 1. The molecule has 0 spiro atoms. The summed E-state index contributed by atoms with van der Waals surface area (Å²) in [5.41, 5.74) is 0. The zero-order valence-corrected chi connectivity index (χ0v) is 11.6. The summed E-state index contributed by atoms with van der Waals surface area (Å²) < 4.78 is 5.20. The average molecular weight is 284 g/mol. The predicted octanol–water partition coefficient (Wildman–Crippen LogP) is 1.28. The molecule has 0 saturated carbocycles. The molecule has 2 saturated heterocycles. The first-order valence-electron chi connectivity index (χ1n) is 7.16. The quantitative estimate of drug-likeness (QED) is 0.831. The maximum Gasteiger partial charge on any atom is 0.289 e. The lowest BCUT2D eigenvalue weighted by Gasteiger charge is -2.20. The van der Waals surface area contributed by atoms with E-state index in [4.69, 9.17) is 4.42 Å². The van der Waals surface area contributed by atoms with Gasteiger partial charge >= 0.3 is 0 Å². The van der Waals surface area contributed by atoms with Crippen LogP contribution >= 0.6 is 0 Å². The first-order chi connectivity index (χ1) is 10.3. The summed E-state index contributed by atoms with van der Waals surface area (Å²) in [5, 5.41) is 0. The van der Waals surface area contributed by atoms with Crippen molar-refractivity contribution in [3.63, 3.8) is 0 Å². The van der Waals surface area contributed by atoms with Crippen LogP contribution < -0.4 is 4.90 Å². The normalized spacial score (nSPS) is 24.4. The van der Waals surface area contributed by atoms with Gasteiger partial charge in [0.25, 0.3) is 5.91 Å². The number of carbonyl (C=O) groups is 1. The van der Waals surface area contributed by atoms with Gasteiger partial charge in [-0.05, 0) is 18.2 Å². The Morgan fingerprint density at radius 3 is 2.43 bits per heavy atom. The molecule has 0 radical (unpaired) electrons. The SMILES string of the molecule is O=C(c1ccco1)N1CC2CN(c3ncccn3)CC2C1. The maximum absolute atomic E-state index is 12.3. The van der Waals surface area contributed by atoms with Crippen LogP contribution in [0.2, 0.25) is 0 Å². The van der Waals surface area contributed by atoms with E-state index in [1.165, 1.54) is 0 Å². The van der Waals surface area contributed by atoms with Crippen molar-refractivity contribution in [2.75, 3.05) is 31.1 Å². The molecule has 2 aliphatic heterocycles. The minimum Gasteiger partial charge on any atom is -0.459 e. The third-order valence-electron chi connectivity index (χ3n) is 4.34. The van der Waals surface area contributed by atoms with E-state index in [9.17, 15) is 4.79 Å². The Labute approximate surface area is 122 Å². The fourth-order valence-corrected chi connectivity index (χ4v) is 3.33. The van der Waals surface area contributed by atoms with Crippen molar-refractivity contribution >= 4 is 11.9 Å². The van der Waals surface area contributed by atoms with E-state index < -0.39 is 0 Å². The molecule has 2 atom stereocenters. The van der Waals surface area contributed by atoms with E-state index in [0.29, 0.717) is 17.6 Å². The molecule has 0 bridgehead atoms. The van der Waals surface area contributed by atoms with E-state index >= 15 is 0 Å². The summed E-state index contributed by atoms with van der Waals surface area (Å²) in [6, 6.07) is 5.29. The Bertz CT molecular complexity index is 614. The van der Waals surface area contributed by atoms with Crippen LogP contribution in [-0.4, -0.2) is 47.0 Å². The molecule has 2 aromatic heterocycles. The maximum atomic E-state index is 12.3. The largest absolute Gasteiger partial charge is 0.459 e. The van der Waals surface area contributed by atoms with E-state index in [0.717, 1.165) is 32.1 Å². The first kappa shape index (κ1) is 12.4. The van der Waals surface area contributed by atoms with Crippen LogP contribution in [0.1, 0.15) is 10.6 Å². The van der Waals surface area contributed by atoms with Crippen molar-refractivity contribution in [3.05, 3.63) is 42.6 Å². The second kappa shape index (κ2) is 4.87. The van der Waals surface area contributed by atoms with Crippen LogP contribution in [-0.2, 0) is 0 Å². The van der Waals surface area contributed by atoms with Crippen molar-refractivity contribution in [1.82, 2.24) is 14.9 Å². The molecule has 4 rings (SSSR count). The highest BCUT2D eigenvalue weighted by atomic mass is 16.3. The lowest BCUT2D eigenvalue weighted by Crippen LogP contribution is -2.33. The Hall–Kier alpha value is -2.37. The van der Waals surface area contributed by atoms with Crippen LogP contribution in [0.15, 0.2) is 41.3 Å². The van der Waals surface area contributed by atoms with Gasteiger partial charge in [-0.2, -0.15) is 0 Å². The van der Waals surface area contributed by atoms with E-state index in [2.05, 4.69) is 14.9 Å². The van der Waals surface area contributed by atoms with Crippen molar-refractivity contribution in [2.45, 2.75) is 0 Å². The van der Waals surface area contributed by atoms with Gasteiger partial charge in [0.1, 0.15) is 0 Å². The zero-order chi connectivity index (χ0) is 14.2. The zero-order valence-electron chi connectivity index (χ0n) is 11.6. The van der Waals surface area contributed by atoms with Gasteiger partial charge < -0.3 is 14.2 Å². The second-order valence-electron chi connectivity index (χ2n) is 5.66. The van der Waals surface area contributed by atoms with Gasteiger partial charge in [0.05, 0.1) is 6.26 Å². The third-order valence-corrected chi connectivity index (χ3v) is 4.34. The molecule has 2 aliphatic rings. The van der Waals surface area contributed by atoms with Gasteiger partial charge in [0, 0.05) is 50.4 Å². The molecule has 2 aromatic rings. The van der Waals surface area contributed by atoms with Crippen molar-refractivity contribution in [2.24, 2.45) is 11.8 Å². The minimum atomic E-state index is -0.00286. The molecule has 2 fully saturated rings. The Kier molecular flexibility index (Phi) is 2.87. The number of nitrogens with zero attached hydrogens (tertiary/aromatic N) is 4. The smallest absolute Gasteiger partial charge is 0.289 e. The highest BCUT2D eigenvalue weighted by Crippen LogP contribution is 2.33. The number of hydrogen-bond donors (Lipinski definition) is 0. The molecule has 2 unspecified atom stereocenters. The number of likely N-dealkylation sites (tertiary alicyclic amines) is 1. The molecule has 0 aromatic carbocycles. The number of hydrogen-bond acceptors (Lipinski definition) is 5. The number of fused-ring (bicyclic) bond motifs is 1. The van der Waals surface area contributed by atoms with Crippen molar-refractivity contribution < 1.29 is 9.21 Å². The predicted molar refractivity (Wildman–Crippen MR) is 75.8 cm³/mol. The Balaban J connectivity index is 1.43. The van der Waals surface area contributed by atoms with Crippen LogP contribution in [0.3, 0.4) is 0 Å². The summed E-state index contributed by atoms with van der Waals surface area (Å²) in [4.78, 5) is 25.0. The number of furan rings is 1. The molecule has 6 nitrogen and oxygen atoms in total. The summed E-state index contributed by atoms with van der Waals surface area (Å²) >= 11 is 0. The van der Waals surface area contributed by atoms with Crippen LogP contribution in [0, 0.1) is 11.8 Å². The van der Waals surface area contributed by atoms with Crippen LogP contribution in [0.4, 0.5) is 5.95 Å². The summed E-state index contributed by atoms with van der Waals surface area (Å²) in [7, 11) is 0. The van der Waals surface area contributed by atoms with Crippen molar-refractivity contribution in [3.8, 4) is 0 Å². The molecule has 0 aliphatic carbocycles. The first-order valence-corrected chi connectivity index (χ1v) is 7.16. The number of rotatable bonds is 2. The molecular formula is C15H16N4O2. The number of amides is 1. The molecule has 0 N–H and O–H groups in total. The lowest BCUT2D eigenvalue weighted by atomic mass is 10.0. The monoisotopic (exact) mass is 284 g/mol. The fourth-order valence-electron chi connectivity index (χ4n) is 3.33. The molecule has 4 heterocycles. The Morgan fingerprint density at radius 1 is 1.10 bits per heavy atom. The van der Waals surface area contributed by atoms with Crippen LogP contribution in [0.25, 0.3) is 0 Å². The average Bonchev–Trinajstić information content (AvgIpc) is 3.23. The van der Waals surface area contributed by atoms with Gasteiger partial charge in [-0.1, -0.05) is 0 Å². The summed E-state index contributed by atoms with van der Waals surface area (Å²) in [6.07, 6.45) is 5.07. The fraction of sp³-hybridized carbons (Fsp3) is 0.400. The van der Waals surface area contributed by atoms with Gasteiger partial charge in [-0.15, -0.1) is 0 Å². The van der Waals surface area contributed by atoms with E-state index in [-0.39, 0.29) is 5.91 Å². The third kappa shape index (κ3) is 2.16. The number of aromatic nitrogens is 2. The molecule has 6 heteroatoms. The van der Waals surface area contributed by atoms with Gasteiger partial charge in [0.15, 0.2) is 5.76 Å². The lowest BCUT2D eigenvalue weighted by molar-refractivity contribution is 0.0751. The van der Waals surface area contributed by atoms with Crippen LogP contribution in [0.5, 0.6) is 0 Å². The minimum absolute atomic E-state index is 0.00286. The topological polar surface area (TPSA) is 62.5 Å². The van der Waals surface area contributed by atoms with E-state index in [1.54, 1.807) is 30.8 Å². The van der Waals surface area contributed by atoms with Gasteiger partial charge in [0.2, 0.25) is 5.95 Å². The molecule has 21 heavy (non-hydrogen) atoms. The van der Waals surface area contributed by atoms with Gasteiger partial charge in [-0.3, -0.25) is 4.79 Å². The standard InChI is InChI=1S/C15H16N4O2/c20-14(13-3-1-6-21-13)18-7-11-9-19(10-12(11)8-18)15-16-4-2-5-17-15/h1-6,11-12H,7-10H2. The molecular weight excluding hydrogens is 268 g/mol. The molecule has 1 amide bonds. The second-order valence-corrected chi connectivity index (χ2v) is 5.66. The Morgan fingerprint density at radius 2 is 1.81 bits per heavy atom. The summed E-state index contributed by atoms with van der Waals surface area (Å²) in [5.74, 6) is 2.20. The molecule has 108 valence electrons. The van der Waals surface area contributed by atoms with E-state index in [1.807, 2.05) is 11.0 Å². The highest BCUT2D eigenvalue weighted by Gasteiger charge is 2.42.